The van der Waals surface area contributed by atoms with Crippen LogP contribution in [0.4, 0.5) is 0 Å². The lowest BCUT2D eigenvalue weighted by atomic mass is 10.0. The van der Waals surface area contributed by atoms with Gasteiger partial charge in [-0.15, -0.1) is 0 Å². The van der Waals surface area contributed by atoms with Crippen LogP contribution in [0.2, 0.25) is 0 Å². The Morgan fingerprint density at radius 3 is 2.81 bits per heavy atom. The Hall–Kier alpha value is -1.16. The number of benzene rings is 1. The van der Waals surface area contributed by atoms with E-state index in [4.69, 9.17) is 0 Å². The fraction of sp³-hybridized carbons (Fsp3) is 0.556. The molecule has 1 unspecified atom stereocenters. The third kappa shape index (κ3) is 5.62. The van der Waals surface area contributed by atoms with Crippen LogP contribution in [0.3, 0.4) is 0 Å². The lowest BCUT2D eigenvalue weighted by Crippen LogP contribution is -2.45. The molecule has 1 heterocycles. The first-order valence-electron chi connectivity index (χ1n) is 8.09. The number of nitrogens with one attached hydrogen (secondary N) is 1. The zero-order valence-corrected chi connectivity index (χ0v) is 13.1. The van der Waals surface area contributed by atoms with Gasteiger partial charge in [0.25, 0.3) is 0 Å². The molecule has 0 aliphatic carbocycles. The van der Waals surface area contributed by atoms with Crippen LogP contribution in [-0.4, -0.2) is 48.3 Å². The minimum atomic E-state index is -0.547. The van der Waals surface area contributed by atoms with E-state index in [1.165, 1.54) is 18.4 Å². The van der Waals surface area contributed by atoms with Gasteiger partial charge in [0.2, 0.25) is 0 Å². The summed E-state index contributed by atoms with van der Waals surface area (Å²) in [7, 11) is 0. The largest absolute Gasteiger partial charge is 0.387 e. The molecule has 0 amide bonds. The van der Waals surface area contributed by atoms with Crippen LogP contribution in [-0.2, 0) is 0 Å². The van der Waals surface area contributed by atoms with Crippen molar-refractivity contribution in [1.29, 1.82) is 0 Å². The zero-order chi connectivity index (χ0) is 15.0. The third-order valence-corrected chi connectivity index (χ3v) is 4.04. The van der Waals surface area contributed by atoms with Crippen molar-refractivity contribution in [3.05, 3.63) is 42.0 Å². The van der Waals surface area contributed by atoms with Crippen molar-refractivity contribution in [2.45, 2.75) is 31.8 Å². The van der Waals surface area contributed by atoms with Crippen molar-refractivity contribution in [3.8, 4) is 0 Å². The summed E-state index contributed by atoms with van der Waals surface area (Å²) in [5.74, 6) is 0. The average molecular weight is 288 g/mol. The Morgan fingerprint density at radius 1 is 1.33 bits per heavy atom. The van der Waals surface area contributed by atoms with Gasteiger partial charge in [-0.1, -0.05) is 55.8 Å². The lowest BCUT2D eigenvalue weighted by Gasteiger charge is -2.30. The highest BCUT2D eigenvalue weighted by molar-refractivity contribution is 5.48. The van der Waals surface area contributed by atoms with Gasteiger partial charge in [-0.05, 0) is 31.5 Å². The quantitative estimate of drug-likeness (QED) is 0.771. The smallest absolute Gasteiger partial charge is 0.0909 e. The van der Waals surface area contributed by atoms with E-state index < -0.39 is 5.60 Å². The van der Waals surface area contributed by atoms with Gasteiger partial charge >= 0.3 is 0 Å². The second kappa shape index (κ2) is 8.32. The molecule has 1 aliphatic rings. The molecule has 2 N–H and O–H groups in total. The Balaban J connectivity index is 1.88. The molecule has 3 heteroatoms. The number of aliphatic hydroxyl groups is 1. The molecule has 0 spiro atoms. The van der Waals surface area contributed by atoms with Crippen LogP contribution < -0.4 is 5.32 Å². The summed E-state index contributed by atoms with van der Waals surface area (Å²) in [6.07, 6.45) is 7.60. The van der Waals surface area contributed by atoms with Gasteiger partial charge < -0.3 is 10.4 Å². The van der Waals surface area contributed by atoms with E-state index in [0.29, 0.717) is 0 Å². The molecule has 1 saturated heterocycles. The van der Waals surface area contributed by atoms with Crippen molar-refractivity contribution < 1.29 is 5.11 Å². The van der Waals surface area contributed by atoms with Crippen LogP contribution in [0.5, 0.6) is 0 Å². The maximum atomic E-state index is 10.5. The van der Waals surface area contributed by atoms with Crippen LogP contribution in [0.1, 0.15) is 31.7 Å². The zero-order valence-electron chi connectivity index (χ0n) is 13.1. The van der Waals surface area contributed by atoms with E-state index >= 15 is 0 Å². The Kier molecular flexibility index (Phi) is 6.43. The van der Waals surface area contributed by atoms with Crippen LogP contribution in [0.15, 0.2) is 36.4 Å². The summed E-state index contributed by atoms with van der Waals surface area (Å²) in [5.41, 5.74) is 0.683. The van der Waals surface area contributed by atoms with Crippen LogP contribution in [0.25, 0.3) is 6.08 Å². The van der Waals surface area contributed by atoms with Gasteiger partial charge in [0.1, 0.15) is 0 Å². The van der Waals surface area contributed by atoms with Crippen molar-refractivity contribution >= 4 is 6.08 Å². The number of hydrogen-bond donors (Lipinski definition) is 2. The van der Waals surface area contributed by atoms with E-state index in [-0.39, 0.29) is 0 Å². The maximum Gasteiger partial charge on any atom is 0.0909 e. The number of unbranched alkanes of at least 4 members (excludes halogenated alkanes) is 1. The van der Waals surface area contributed by atoms with Crippen LogP contribution >= 0.6 is 0 Å². The number of rotatable bonds is 8. The summed E-state index contributed by atoms with van der Waals surface area (Å²) in [6, 6.07) is 10.4. The summed E-state index contributed by atoms with van der Waals surface area (Å²) < 4.78 is 0. The minimum absolute atomic E-state index is 0.547. The number of β-amino-alcohol motifs (C(OH)–C–C–N with tert-alkyl or cyclic N) is 1. The SMILES string of the molecule is CCCCN(CC=Cc1ccccc1)CC1(O)CCNC1. The Bertz CT molecular complexity index is 424. The fourth-order valence-electron chi connectivity index (χ4n) is 2.80. The molecule has 2 rings (SSSR count). The van der Waals surface area contributed by atoms with Crippen molar-refractivity contribution in [2.75, 3.05) is 32.7 Å². The van der Waals surface area contributed by atoms with Gasteiger partial charge in [0.15, 0.2) is 0 Å². The van der Waals surface area contributed by atoms with E-state index in [9.17, 15) is 5.11 Å². The molecule has 1 aromatic rings. The molecule has 1 fully saturated rings. The highest BCUT2D eigenvalue weighted by Gasteiger charge is 2.32. The van der Waals surface area contributed by atoms with Crippen molar-refractivity contribution in [2.24, 2.45) is 0 Å². The highest BCUT2D eigenvalue weighted by Crippen LogP contribution is 2.16. The monoisotopic (exact) mass is 288 g/mol. The molecule has 0 radical (unpaired) electrons. The van der Waals surface area contributed by atoms with E-state index in [1.807, 2.05) is 6.07 Å². The summed E-state index contributed by atoms with van der Waals surface area (Å²) in [4.78, 5) is 2.37. The fourth-order valence-corrected chi connectivity index (χ4v) is 2.80. The normalized spacial score (nSPS) is 22.4. The first-order chi connectivity index (χ1) is 10.2. The van der Waals surface area contributed by atoms with Gasteiger partial charge in [0.05, 0.1) is 5.60 Å². The Morgan fingerprint density at radius 2 is 2.14 bits per heavy atom. The maximum absolute atomic E-state index is 10.5. The molecule has 0 aromatic heterocycles. The molecule has 116 valence electrons. The summed E-state index contributed by atoms with van der Waals surface area (Å²) in [6.45, 7) is 6.58. The molecular formula is C18H28N2O. The number of hydrogen-bond acceptors (Lipinski definition) is 3. The standard InChI is InChI=1S/C18H28N2O/c1-2-3-13-20(16-18(21)11-12-19-15-18)14-7-10-17-8-5-4-6-9-17/h4-10,19,21H,2-3,11-16H2,1H3. The third-order valence-electron chi connectivity index (χ3n) is 4.04. The molecule has 1 aliphatic heterocycles. The average Bonchev–Trinajstić information content (AvgIpc) is 2.92. The lowest BCUT2D eigenvalue weighted by molar-refractivity contribution is 0.0239. The van der Waals surface area contributed by atoms with E-state index in [2.05, 4.69) is 53.6 Å². The molecule has 3 nitrogen and oxygen atoms in total. The van der Waals surface area contributed by atoms with Gasteiger partial charge in [-0.25, -0.2) is 0 Å². The predicted octanol–water partition coefficient (Wildman–Crippen LogP) is 2.53. The van der Waals surface area contributed by atoms with Gasteiger partial charge in [0, 0.05) is 19.6 Å². The predicted molar refractivity (Wildman–Crippen MR) is 89.3 cm³/mol. The minimum Gasteiger partial charge on any atom is -0.387 e. The topological polar surface area (TPSA) is 35.5 Å². The van der Waals surface area contributed by atoms with Gasteiger partial charge in [-0.2, -0.15) is 0 Å². The highest BCUT2D eigenvalue weighted by atomic mass is 16.3. The Labute approximate surface area is 128 Å². The molecular weight excluding hydrogens is 260 g/mol. The van der Waals surface area contributed by atoms with Crippen LogP contribution in [0, 0.1) is 0 Å². The second-order valence-electron chi connectivity index (χ2n) is 6.05. The van der Waals surface area contributed by atoms with E-state index in [1.54, 1.807) is 0 Å². The molecule has 1 aromatic carbocycles. The first kappa shape index (κ1) is 16.2. The first-order valence-corrected chi connectivity index (χ1v) is 8.09. The second-order valence-corrected chi connectivity index (χ2v) is 6.05. The molecule has 0 saturated carbocycles. The van der Waals surface area contributed by atoms with Gasteiger partial charge in [-0.3, -0.25) is 4.90 Å². The molecule has 1 atom stereocenters. The summed E-state index contributed by atoms with van der Waals surface area (Å²) >= 11 is 0. The number of nitrogens with zero attached hydrogens (tertiary/aromatic N) is 1. The van der Waals surface area contributed by atoms with Crippen molar-refractivity contribution in [3.63, 3.8) is 0 Å². The summed E-state index contributed by atoms with van der Waals surface area (Å²) in [5, 5.41) is 13.8. The van der Waals surface area contributed by atoms with E-state index in [0.717, 1.165) is 39.1 Å². The molecule has 0 bridgehead atoms. The van der Waals surface area contributed by atoms with Crippen molar-refractivity contribution in [1.82, 2.24) is 10.2 Å². The molecule has 21 heavy (non-hydrogen) atoms.